The van der Waals surface area contributed by atoms with E-state index < -0.39 is 0 Å². The molecule has 0 radical (unpaired) electrons. The van der Waals surface area contributed by atoms with Crippen LogP contribution < -0.4 is 15.4 Å². The number of nitrogens with one attached hydrogen (secondary N) is 2. The lowest BCUT2D eigenvalue weighted by Crippen LogP contribution is -2.50. The smallest absolute Gasteiger partial charge is 0.225 e. The minimum atomic E-state index is 0.0666. The van der Waals surface area contributed by atoms with Gasteiger partial charge in [-0.25, -0.2) is 9.98 Å². The third-order valence-corrected chi connectivity index (χ3v) is 5.37. The van der Waals surface area contributed by atoms with Crippen molar-refractivity contribution in [2.24, 2.45) is 16.8 Å². The first-order valence-electron chi connectivity index (χ1n) is 11.0. The van der Waals surface area contributed by atoms with Gasteiger partial charge in [0.2, 0.25) is 11.8 Å². The first kappa shape index (κ1) is 21.4. The first-order chi connectivity index (χ1) is 14.0. The summed E-state index contributed by atoms with van der Waals surface area (Å²) >= 11 is 0. The molecule has 0 unspecified atom stereocenters. The van der Waals surface area contributed by atoms with Gasteiger partial charge in [-0.3, -0.25) is 4.79 Å². The van der Waals surface area contributed by atoms with Gasteiger partial charge in [-0.05, 0) is 50.2 Å². The third-order valence-electron chi connectivity index (χ3n) is 5.37. The van der Waals surface area contributed by atoms with Crippen LogP contribution in [-0.2, 0) is 11.3 Å². The van der Waals surface area contributed by atoms with Crippen LogP contribution in [0.3, 0.4) is 0 Å². The molecule has 3 rings (SSSR count). The highest BCUT2D eigenvalue weighted by Gasteiger charge is 2.24. The molecule has 0 spiro atoms. The lowest BCUT2D eigenvalue weighted by atomic mass is 10.0. The van der Waals surface area contributed by atoms with E-state index in [2.05, 4.69) is 22.5 Å². The number of nitrogens with zero attached hydrogens (tertiary/aromatic N) is 3. The number of likely N-dealkylation sites (tertiary alicyclic amines) is 1. The van der Waals surface area contributed by atoms with Crippen molar-refractivity contribution in [3.8, 4) is 5.88 Å². The van der Waals surface area contributed by atoms with Crippen molar-refractivity contribution in [2.45, 2.75) is 59.0 Å². The molecule has 2 N–H and O–H groups in total. The van der Waals surface area contributed by atoms with E-state index >= 15 is 0 Å². The molecule has 7 nitrogen and oxygen atoms in total. The molecular formula is C22H35N5O2. The molecule has 0 aromatic carbocycles. The van der Waals surface area contributed by atoms with Gasteiger partial charge in [0.15, 0.2) is 5.96 Å². The number of guanidine groups is 1. The number of aliphatic imine (C=N–C) groups is 1. The van der Waals surface area contributed by atoms with E-state index in [-0.39, 0.29) is 11.8 Å². The van der Waals surface area contributed by atoms with Gasteiger partial charge in [0.1, 0.15) is 0 Å². The number of pyridine rings is 1. The molecule has 1 aliphatic heterocycles. The highest BCUT2D eigenvalue weighted by atomic mass is 16.5. The molecule has 1 amide bonds. The van der Waals surface area contributed by atoms with Crippen molar-refractivity contribution < 1.29 is 9.53 Å². The number of rotatable bonds is 8. The van der Waals surface area contributed by atoms with Crippen LogP contribution in [0.1, 0.15) is 52.0 Å². The van der Waals surface area contributed by atoms with Crippen LogP contribution >= 0.6 is 0 Å². The van der Waals surface area contributed by atoms with Crippen LogP contribution in [0.25, 0.3) is 0 Å². The average molecular weight is 402 g/mol. The summed E-state index contributed by atoms with van der Waals surface area (Å²) < 4.78 is 5.77. The summed E-state index contributed by atoms with van der Waals surface area (Å²) in [6.45, 7) is 9.75. The van der Waals surface area contributed by atoms with Crippen molar-refractivity contribution in [3.63, 3.8) is 0 Å². The maximum Gasteiger partial charge on any atom is 0.225 e. The number of ether oxygens (including phenoxy) is 1. The highest BCUT2D eigenvalue weighted by Crippen LogP contribution is 2.29. The number of hydrogen-bond acceptors (Lipinski definition) is 4. The largest absolute Gasteiger partial charge is 0.477 e. The third kappa shape index (κ3) is 6.91. The molecule has 2 heterocycles. The fourth-order valence-corrected chi connectivity index (χ4v) is 3.41. The Balaban J connectivity index is 1.51. The zero-order valence-corrected chi connectivity index (χ0v) is 18.0. The fourth-order valence-electron chi connectivity index (χ4n) is 3.41. The molecule has 2 aliphatic rings. The average Bonchev–Trinajstić information content (AvgIpc) is 3.55. The number of piperidine rings is 1. The number of aromatic nitrogens is 1. The monoisotopic (exact) mass is 401 g/mol. The van der Waals surface area contributed by atoms with Crippen LogP contribution in [-0.4, -0.2) is 54.0 Å². The molecule has 1 aromatic rings. The summed E-state index contributed by atoms with van der Waals surface area (Å²) in [6.07, 6.45) is 6.21. The van der Waals surface area contributed by atoms with Crippen LogP contribution in [0.15, 0.2) is 23.3 Å². The van der Waals surface area contributed by atoms with Crippen molar-refractivity contribution in [3.05, 3.63) is 23.9 Å². The zero-order valence-electron chi connectivity index (χ0n) is 18.0. The van der Waals surface area contributed by atoms with E-state index in [4.69, 9.17) is 9.73 Å². The predicted molar refractivity (Wildman–Crippen MR) is 115 cm³/mol. The Morgan fingerprint density at radius 3 is 2.72 bits per heavy atom. The highest BCUT2D eigenvalue weighted by molar-refractivity contribution is 5.80. The summed E-state index contributed by atoms with van der Waals surface area (Å²) in [7, 11) is 0. The van der Waals surface area contributed by atoms with Crippen molar-refractivity contribution in [1.82, 2.24) is 20.5 Å². The van der Waals surface area contributed by atoms with Gasteiger partial charge in [-0.15, -0.1) is 0 Å². The van der Waals surface area contributed by atoms with Crippen LogP contribution in [0.4, 0.5) is 0 Å². The van der Waals surface area contributed by atoms with Crippen molar-refractivity contribution in [2.75, 3.05) is 26.2 Å². The van der Waals surface area contributed by atoms with E-state index in [1.807, 2.05) is 30.9 Å². The molecule has 160 valence electrons. The molecule has 2 fully saturated rings. The van der Waals surface area contributed by atoms with E-state index in [0.29, 0.717) is 24.4 Å². The van der Waals surface area contributed by atoms with Crippen LogP contribution in [0.2, 0.25) is 0 Å². The van der Waals surface area contributed by atoms with Gasteiger partial charge < -0.3 is 20.3 Å². The summed E-state index contributed by atoms with van der Waals surface area (Å²) in [5, 5.41) is 6.86. The summed E-state index contributed by atoms with van der Waals surface area (Å²) in [5.74, 6) is 2.53. The predicted octanol–water partition coefficient (Wildman–Crippen LogP) is 2.57. The van der Waals surface area contributed by atoms with Gasteiger partial charge in [0.05, 0.1) is 13.2 Å². The minimum absolute atomic E-state index is 0.0666. The van der Waals surface area contributed by atoms with Crippen LogP contribution in [0.5, 0.6) is 5.88 Å². The Kier molecular flexibility index (Phi) is 7.72. The molecule has 29 heavy (non-hydrogen) atoms. The quantitative estimate of drug-likeness (QED) is 0.517. The molecular weight excluding hydrogens is 366 g/mol. The first-order valence-corrected chi connectivity index (χ1v) is 11.0. The lowest BCUT2D eigenvalue weighted by Gasteiger charge is -2.34. The molecule has 0 bridgehead atoms. The van der Waals surface area contributed by atoms with Crippen molar-refractivity contribution in [1.29, 1.82) is 0 Å². The van der Waals surface area contributed by atoms with Crippen molar-refractivity contribution >= 4 is 11.9 Å². The van der Waals surface area contributed by atoms with E-state index in [0.717, 1.165) is 50.6 Å². The minimum Gasteiger partial charge on any atom is -0.477 e. The summed E-state index contributed by atoms with van der Waals surface area (Å²) in [4.78, 5) is 23.2. The maximum atomic E-state index is 12.2. The topological polar surface area (TPSA) is 78.9 Å². The maximum absolute atomic E-state index is 12.2. The van der Waals surface area contributed by atoms with E-state index in [1.165, 1.54) is 12.8 Å². The molecule has 1 saturated carbocycles. The Bertz CT molecular complexity index is 694. The van der Waals surface area contributed by atoms with Crippen LogP contribution in [0, 0.1) is 11.8 Å². The van der Waals surface area contributed by atoms with Gasteiger partial charge >= 0.3 is 0 Å². The Morgan fingerprint density at radius 1 is 1.31 bits per heavy atom. The summed E-state index contributed by atoms with van der Waals surface area (Å²) in [6, 6.07) is 4.29. The molecule has 1 aliphatic carbocycles. The SMILES string of the molecule is CCNC(=NCc1ccnc(OCC2CC2)c1)NC1CCN(C(=O)C(C)C)CC1. The standard InChI is InChI=1S/C22H35N5O2/c1-4-23-22(26-19-8-11-27(12-9-19)21(28)16(2)3)25-14-18-7-10-24-20(13-18)29-15-17-5-6-17/h7,10,13,16-17,19H,4-6,8-9,11-12,14-15H2,1-3H3,(H2,23,25,26). The molecule has 1 saturated heterocycles. The molecule has 7 heteroatoms. The second-order valence-corrected chi connectivity index (χ2v) is 8.35. The zero-order chi connectivity index (χ0) is 20.6. The number of carbonyl (C=O) groups excluding carboxylic acids is 1. The van der Waals surface area contributed by atoms with E-state index in [1.54, 1.807) is 6.20 Å². The Hall–Kier alpha value is -2.31. The lowest BCUT2D eigenvalue weighted by molar-refractivity contribution is -0.135. The normalized spacial score (nSPS) is 18.1. The number of carbonyl (C=O) groups is 1. The fraction of sp³-hybridized carbons (Fsp3) is 0.682. The molecule has 1 aromatic heterocycles. The number of hydrogen-bond donors (Lipinski definition) is 2. The van der Waals surface area contributed by atoms with Gasteiger partial charge in [-0.2, -0.15) is 0 Å². The Labute approximate surface area is 174 Å². The Morgan fingerprint density at radius 2 is 2.07 bits per heavy atom. The van der Waals surface area contributed by atoms with E-state index in [9.17, 15) is 4.79 Å². The summed E-state index contributed by atoms with van der Waals surface area (Å²) in [5.41, 5.74) is 1.08. The molecule has 0 atom stereocenters. The van der Waals surface area contributed by atoms with Gasteiger partial charge in [-0.1, -0.05) is 13.8 Å². The second kappa shape index (κ2) is 10.5. The van der Waals surface area contributed by atoms with Gasteiger partial charge in [0, 0.05) is 43.9 Å². The van der Waals surface area contributed by atoms with Gasteiger partial charge in [0.25, 0.3) is 0 Å². The number of amides is 1. The second-order valence-electron chi connectivity index (χ2n) is 8.35.